The number of rotatable bonds is 5. The van der Waals surface area contributed by atoms with Crippen molar-refractivity contribution < 1.29 is 4.79 Å². The molecule has 5 nitrogen and oxygen atoms in total. The molecule has 2 aromatic heterocycles. The fraction of sp³-hybridized carbons (Fsp3) is 0.500. The summed E-state index contributed by atoms with van der Waals surface area (Å²) in [5.74, 6) is 0.265. The second-order valence-electron chi connectivity index (χ2n) is 5.51. The van der Waals surface area contributed by atoms with E-state index in [0.29, 0.717) is 6.42 Å². The highest BCUT2D eigenvalue weighted by Gasteiger charge is 2.28. The van der Waals surface area contributed by atoms with Crippen molar-refractivity contribution in [2.75, 3.05) is 6.54 Å². The minimum atomic E-state index is 0.228. The lowest BCUT2D eigenvalue weighted by Crippen LogP contribution is -2.41. The van der Waals surface area contributed by atoms with E-state index in [1.165, 1.54) is 5.69 Å². The van der Waals surface area contributed by atoms with E-state index in [4.69, 9.17) is 0 Å². The summed E-state index contributed by atoms with van der Waals surface area (Å²) in [5.41, 5.74) is 1.27. The third-order valence-corrected chi connectivity index (χ3v) is 4.21. The Morgan fingerprint density at radius 1 is 1.33 bits per heavy atom. The third kappa shape index (κ3) is 2.86. The molecule has 1 amide bonds. The average molecular weight is 286 g/mol. The van der Waals surface area contributed by atoms with Gasteiger partial charge in [-0.1, -0.05) is 6.92 Å². The second-order valence-corrected chi connectivity index (χ2v) is 5.51. The Labute approximate surface area is 125 Å². The fourth-order valence-corrected chi connectivity index (χ4v) is 3.16. The molecule has 2 aromatic rings. The molecule has 0 N–H and O–H groups in total. The first-order chi connectivity index (χ1) is 10.3. The molecule has 112 valence electrons. The first-order valence-corrected chi connectivity index (χ1v) is 7.71. The van der Waals surface area contributed by atoms with Gasteiger partial charge >= 0.3 is 0 Å². The standard InChI is InChI=1S/C16H22N4O/c1-2-14-15-6-3-9-18(15)12-13-20(14)16(21)7-4-10-19-11-5-8-17-19/h3,5-6,8-9,11,14H,2,4,7,10,12-13H2,1H3. The molecule has 5 heteroatoms. The maximum Gasteiger partial charge on any atom is 0.223 e. The fourth-order valence-electron chi connectivity index (χ4n) is 3.16. The Morgan fingerprint density at radius 3 is 3.00 bits per heavy atom. The number of fused-ring (bicyclic) bond motifs is 1. The number of hydrogen-bond donors (Lipinski definition) is 0. The van der Waals surface area contributed by atoms with Crippen LogP contribution < -0.4 is 0 Å². The maximum atomic E-state index is 12.5. The van der Waals surface area contributed by atoms with Crippen molar-refractivity contribution in [3.8, 4) is 0 Å². The van der Waals surface area contributed by atoms with Crippen LogP contribution >= 0.6 is 0 Å². The summed E-state index contributed by atoms with van der Waals surface area (Å²) < 4.78 is 4.15. The zero-order chi connectivity index (χ0) is 14.7. The molecule has 0 radical (unpaired) electrons. The van der Waals surface area contributed by atoms with Gasteiger partial charge in [-0.2, -0.15) is 5.10 Å². The van der Waals surface area contributed by atoms with Crippen molar-refractivity contribution in [3.63, 3.8) is 0 Å². The summed E-state index contributed by atoms with van der Waals surface area (Å²) in [5, 5.41) is 4.17. The van der Waals surface area contributed by atoms with Crippen molar-refractivity contribution in [3.05, 3.63) is 42.5 Å². The largest absolute Gasteiger partial charge is 0.348 e. The van der Waals surface area contributed by atoms with Gasteiger partial charge in [-0.15, -0.1) is 0 Å². The highest BCUT2D eigenvalue weighted by Crippen LogP contribution is 2.29. The number of carbonyl (C=O) groups is 1. The molecule has 0 spiro atoms. The van der Waals surface area contributed by atoms with Gasteiger partial charge in [0.05, 0.1) is 6.04 Å². The topological polar surface area (TPSA) is 43.1 Å². The monoisotopic (exact) mass is 286 g/mol. The van der Waals surface area contributed by atoms with Crippen LogP contribution in [-0.2, 0) is 17.9 Å². The van der Waals surface area contributed by atoms with Gasteiger partial charge in [0.15, 0.2) is 0 Å². The van der Waals surface area contributed by atoms with Crippen LogP contribution in [0.1, 0.15) is 37.9 Å². The minimum absolute atomic E-state index is 0.228. The zero-order valence-corrected chi connectivity index (χ0v) is 12.5. The van der Waals surface area contributed by atoms with E-state index in [0.717, 1.165) is 32.5 Å². The molecule has 0 bridgehead atoms. The molecule has 0 saturated heterocycles. The van der Waals surface area contributed by atoms with Crippen LogP contribution in [0.25, 0.3) is 0 Å². The quantitative estimate of drug-likeness (QED) is 0.847. The van der Waals surface area contributed by atoms with Crippen molar-refractivity contribution in [2.24, 2.45) is 0 Å². The average Bonchev–Trinajstić information content (AvgIpc) is 3.16. The van der Waals surface area contributed by atoms with Crippen LogP contribution in [0, 0.1) is 0 Å². The maximum absolute atomic E-state index is 12.5. The molecular weight excluding hydrogens is 264 g/mol. The van der Waals surface area contributed by atoms with Crippen molar-refractivity contribution in [1.82, 2.24) is 19.2 Å². The molecule has 21 heavy (non-hydrogen) atoms. The second kappa shape index (κ2) is 6.16. The molecule has 1 atom stereocenters. The van der Waals surface area contributed by atoms with Crippen LogP contribution in [0.3, 0.4) is 0 Å². The first kappa shape index (κ1) is 13.9. The number of amides is 1. The van der Waals surface area contributed by atoms with Crippen molar-refractivity contribution in [2.45, 2.75) is 45.3 Å². The molecule has 0 saturated carbocycles. The third-order valence-electron chi connectivity index (χ3n) is 4.21. The van der Waals surface area contributed by atoms with Crippen LogP contribution in [0.4, 0.5) is 0 Å². The lowest BCUT2D eigenvalue weighted by atomic mass is 10.1. The molecule has 0 aromatic carbocycles. The molecule has 1 aliphatic rings. The van der Waals surface area contributed by atoms with Crippen molar-refractivity contribution in [1.29, 1.82) is 0 Å². The van der Waals surface area contributed by atoms with Gasteiger partial charge in [0, 0.05) is 50.3 Å². The Bertz CT molecular complexity index is 587. The van der Waals surface area contributed by atoms with Crippen LogP contribution in [0.5, 0.6) is 0 Å². The van der Waals surface area contributed by atoms with Gasteiger partial charge in [-0.25, -0.2) is 0 Å². The number of aryl methyl sites for hydroxylation is 1. The lowest BCUT2D eigenvalue weighted by molar-refractivity contribution is -0.135. The highest BCUT2D eigenvalue weighted by molar-refractivity contribution is 5.76. The summed E-state index contributed by atoms with van der Waals surface area (Å²) in [6, 6.07) is 6.35. The summed E-state index contributed by atoms with van der Waals surface area (Å²) in [6.07, 6.45) is 8.22. The normalized spacial score (nSPS) is 17.8. The SMILES string of the molecule is CCC1c2cccn2CCN1C(=O)CCCn1cccn1. The molecule has 0 fully saturated rings. The summed E-state index contributed by atoms with van der Waals surface area (Å²) in [7, 11) is 0. The number of carbonyl (C=O) groups excluding carboxylic acids is 1. The predicted molar refractivity (Wildman–Crippen MR) is 80.6 cm³/mol. The van der Waals surface area contributed by atoms with E-state index < -0.39 is 0 Å². The molecule has 1 aliphatic heterocycles. The molecule has 3 rings (SSSR count). The zero-order valence-electron chi connectivity index (χ0n) is 12.5. The van der Waals surface area contributed by atoms with Crippen LogP contribution in [0.15, 0.2) is 36.8 Å². The molecule has 1 unspecified atom stereocenters. The number of hydrogen-bond acceptors (Lipinski definition) is 2. The van der Waals surface area contributed by atoms with Gasteiger partial charge in [0.2, 0.25) is 5.91 Å². The summed E-state index contributed by atoms with van der Waals surface area (Å²) in [4.78, 5) is 14.6. The van der Waals surface area contributed by atoms with E-state index in [2.05, 4.69) is 39.8 Å². The van der Waals surface area contributed by atoms with Gasteiger partial charge < -0.3 is 9.47 Å². The molecule has 3 heterocycles. The number of nitrogens with zero attached hydrogens (tertiary/aromatic N) is 4. The van der Waals surface area contributed by atoms with E-state index in [1.54, 1.807) is 6.20 Å². The Kier molecular flexibility index (Phi) is 4.08. The van der Waals surface area contributed by atoms with Gasteiger partial charge in [0.25, 0.3) is 0 Å². The summed E-state index contributed by atoms with van der Waals surface area (Å²) in [6.45, 7) is 4.68. The van der Waals surface area contributed by atoms with Gasteiger partial charge in [-0.3, -0.25) is 9.48 Å². The van der Waals surface area contributed by atoms with E-state index in [9.17, 15) is 4.79 Å². The van der Waals surface area contributed by atoms with E-state index >= 15 is 0 Å². The molecule has 0 aliphatic carbocycles. The molecular formula is C16H22N4O. The van der Waals surface area contributed by atoms with Gasteiger partial charge in [0.1, 0.15) is 0 Å². The van der Waals surface area contributed by atoms with Crippen molar-refractivity contribution >= 4 is 5.91 Å². The Hall–Kier alpha value is -2.04. The minimum Gasteiger partial charge on any atom is -0.348 e. The predicted octanol–water partition coefficient (Wildman–Crippen LogP) is 2.46. The first-order valence-electron chi connectivity index (χ1n) is 7.71. The van der Waals surface area contributed by atoms with E-state index in [-0.39, 0.29) is 11.9 Å². The van der Waals surface area contributed by atoms with Crippen LogP contribution in [0.2, 0.25) is 0 Å². The smallest absolute Gasteiger partial charge is 0.223 e. The Balaban J connectivity index is 1.59. The Morgan fingerprint density at radius 2 is 2.24 bits per heavy atom. The number of aromatic nitrogens is 3. The highest BCUT2D eigenvalue weighted by atomic mass is 16.2. The summed E-state index contributed by atoms with van der Waals surface area (Å²) >= 11 is 0. The van der Waals surface area contributed by atoms with Crippen LogP contribution in [-0.4, -0.2) is 31.7 Å². The van der Waals surface area contributed by atoms with E-state index in [1.807, 2.05) is 16.9 Å². The van der Waals surface area contributed by atoms with Gasteiger partial charge in [-0.05, 0) is 31.0 Å². The lowest BCUT2D eigenvalue weighted by Gasteiger charge is -2.36.